The second kappa shape index (κ2) is 6.55. The molecule has 19 heavy (non-hydrogen) atoms. The summed E-state index contributed by atoms with van der Waals surface area (Å²) in [7, 11) is -4.34. The number of benzene rings is 1. The molecule has 6 nitrogen and oxygen atoms in total. The van der Waals surface area contributed by atoms with Crippen LogP contribution in [0.4, 0.5) is 0 Å². The molecule has 0 bridgehead atoms. The average molecular weight is 434 g/mol. The third-order valence-corrected chi connectivity index (χ3v) is 3.72. The van der Waals surface area contributed by atoms with Crippen molar-refractivity contribution in [3.05, 3.63) is 28.0 Å². The number of phenolic OH excluding ortho intramolecular Hbond substituents is 1. The van der Waals surface area contributed by atoms with E-state index in [-0.39, 0.29) is 21.5 Å². The van der Waals surface area contributed by atoms with E-state index in [0.717, 1.165) is 0 Å². The zero-order valence-electron chi connectivity index (χ0n) is 8.94. The molecule has 0 amide bonds. The van der Waals surface area contributed by atoms with E-state index in [9.17, 15) is 13.5 Å². The average Bonchev–Trinajstić information content (AvgIpc) is 2.33. The van der Waals surface area contributed by atoms with Crippen molar-refractivity contribution in [2.24, 2.45) is 0 Å². The van der Waals surface area contributed by atoms with E-state index in [1.165, 1.54) is 23.0 Å². The molecule has 0 fully saturated rings. The number of fused-ring (bicyclic) bond motifs is 1. The Morgan fingerprint density at radius 1 is 1.47 bits per heavy atom. The summed E-state index contributed by atoms with van der Waals surface area (Å²) in [5.41, 5.74) is 0.0991. The Labute approximate surface area is 130 Å². The van der Waals surface area contributed by atoms with Gasteiger partial charge in [-0.25, -0.2) is 0 Å². The van der Waals surface area contributed by atoms with Gasteiger partial charge < -0.3 is 10.1 Å². The van der Waals surface area contributed by atoms with E-state index in [4.69, 9.17) is 9.35 Å². The quantitative estimate of drug-likeness (QED) is 0.303. The van der Waals surface area contributed by atoms with Gasteiger partial charge in [0.25, 0.3) is 10.1 Å². The van der Waals surface area contributed by atoms with Crippen LogP contribution in [0.5, 0.6) is 5.75 Å². The van der Waals surface area contributed by atoms with Gasteiger partial charge in [-0.3, -0.25) is 4.55 Å². The van der Waals surface area contributed by atoms with Crippen molar-refractivity contribution in [3.8, 4) is 5.75 Å². The predicted molar refractivity (Wildman–Crippen MR) is 70.5 cm³/mol. The second-order valence-electron chi connectivity index (χ2n) is 3.09. The van der Waals surface area contributed by atoms with Crippen molar-refractivity contribution in [2.45, 2.75) is 4.90 Å². The van der Waals surface area contributed by atoms with Crippen LogP contribution >= 0.6 is 22.6 Å². The van der Waals surface area contributed by atoms with Crippen LogP contribution < -0.4 is 0 Å². The van der Waals surface area contributed by atoms with Crippen molar-refractivity contribution >= 4 is 48.4 Å². The first-order valence-electron chi connectivity index (χ1n) is 4.45. The maximum absolute atomic E-state index is 11.1. The van der Waals surface area contributed by atoms with Gasteiger partial charge in [-0.05, 0) is 28.7 Å². The normalized spacial score (nSPS) is 10.4. The molecule has 0 aliphatic rings. The van der Waals surface area contributed by atoms with Crippen LogP contribution in [0.3, 0.4) is 0 Å². The summed E-state index contributed by atoms with van der Waals surface area (Å²) in [6, 6.07) is 4.01. The van der Waals surface area contributed by atoms with E-state index in [1.54, 1.807) is 22.6 Å². The van der Waals surface area contributed by atoms with Crippen LogP contribution in [-0.4, -0.2) is 27.8 Å². The minimum atomic E-state index is -4.34. The first kappa shape index (κ1) is 16.2. The van der Waals surface area contributed by atoms with Crippen LogP contribution in [-0.2, 0) is 30.5 Å². The molecule has 1 heterocycles. The van der Waals surface area contributed by atoms with E-state index in [2.05, 4.69) is 26.8 Å². The number of carbonyl (C=O) groups excluding carboxylic acids is 1. The molecule has 0 spiro atoms. The fourth-order valence-electron chi connectivity index (χ4n) is 1.33. The van der Waals surface area contributed by atoms with Gasteiger partial charge in [0, 0.05) is 9.09 Å². The van der Waals surface area contributed by atoms with Gasteiger partial charge in [0.1, 0.15) is 0 Å². The van der Waals surface area contributed by atoms with Crippen molar-refractivity contribution in [1.29, 1.82) is 0 Å². The van der Waals surface area contributed by atoms with Crippen LogP contribution in [0.25, 0.3) is 10.9 Å². The van der Waals surface area contributed by atoms with Gasteiger partial charge in [0.15, 0.2) is 0 Å². The summed E-state index contributed by atoms with van der Waals surface area (Å²) in [6.45, 7) is 0. The fraction of sp³-hybridized carbons (Fsp3) is 0. The summed E-state index contributed by atoms with van der Waals surface area (Å²) < 4.78 is 31.6. The Hall–Kier alpha value is -0.831. The Bertz CT molecular complexity index is 756. The summed E-state index contributed by atoms with van der Waals surface area (Å²) in [5.74, 6) is -0.125. The van der Waals surface area contributed by atoms with E-state index < -0.39 is 10.1 Å². The molecule has 0 aliphatic carbocycles. The molecule has 9 heteroatoms. The predicted octanol–water partition coefficient (Wildman–Crippen LogP) is 1.19. The van der Waals surface area contributed by atoms with Crippen molar-refractivity contribution in [1.82, 2.24) is 4.98 Å². The monoisotopic (exact) mass is 434 g/mol. The standard InChI is InChI=1S/C9H5INO4S.CO.Fe/c10-6-4-7(16(13,14)15)5-2-1-3-11-8(5)9(6)12;1-2;/h1-2,4,12H,(H,13,14,15);;/q-1;;+1. The van der Waals surface area contributed by atoms with Gasteiger partial charge in [-0.2, -0.15) is 20.6 Å². The minimum absolute atomic E-state index is 0.0991. The molecule has 0 atom stereocenters. The van der Waals surface area contributed by atoms with E-state index in [1.807, 2.05) is 0 Å². The molecule has 0 unspecified atom stereocenters. The fourth-order valence-corrected chi connectivity index (χ4v) is 2.82. The number of rotatable bonds is 1. The topological polar surface area (TPSA) is 105 Å². The Kier molecular flexibility index (Phi) is 5.60. The number of hydrogen-bond donors (Lipinski definition) is 2. The molecular weight excluding hydrogens is 429 g/mol. The van der Waals surface area contributed by atoms with Gasteiger partial charge in [0.05, 0.1) is 10.6 Å². The van der Waals surface area contributed by atoms with Crippen LogP contribution in [0, 0.1) is 9.77 Å². The Balaban J connectivity index is 0.000000550. The molecular formula is C10H5FeINO5S. The third kappa shape index (κ3) is 3.82. The number of aromatic hydroxyl groups is 1. The summed E-state index contributed by atoms with van der Waals surface area (Å²) in [4.78, 5) is 13.3. The molecule has 2 aromatic rings. The number of halogens is 1. The summed E-state index contributed by atoms with van der Waals surface area (Å²) in [5, 5.41) is 9.85. The van der Waals surface area contributed by atoms with Gasteiger partial charge in [-0.15, -0.1) is 0 Å². The van der Waals surface area contributed by atoms with Gasteiger partial charge in [-0.1, -0.05) is 11.6 Å². The second-order valence-corrected chi connectivity index (χ2v) is 5.87. The SMILES string of the molecule is O=S(=O)(O)c1cc(I)c(O)c2n[c-]ccc12.O=[C]=[Fe+]. The van der Waals surface area contributed by atoms with Crippen LogP contribution in [0.1, 0.15) is 0 Å². The third-order valence-electron chi connectivity index (χ3n) is 2.01. The van der Waals surface area contributed by atoms with Crippen LogP contribution in [0.15, 0.2) is 23.1 Å². The summed E-state index contributed by atoms with van der Waals surface area (Å²) >= 11 is 4.44. The molecule has 0 aliphatic heterocycles. The maximum atomic E-state index is 11.1. The molecule has 0 saturated heterocycles. The molecule has 2 N–H and O–H groups in total. The molecule has 2 rings (SSSR count). The van der Waals surface area contributed by atoms with Crippen molar-refractivity contribution < 1.29 is 38.4 Å². The Morgan fingerprint density at radius 2 is 2.05 bits per heavy atom. The van der Waals surface area contributed by atoms with E-state index in [0.29, 0.717) is 3.57 Å². The number of phenols is 1. The van der Waals surface area contributed by atoms with Gasteiger partial charge >= 0.3 is 25.2 Å². The first-order valence-corrected chi connectivity index (χ1v) is 7.52. The van der Waals surface area contributed by atoms with Gasteiger partial charge in [0.2, 0.25) is 0 Å². The van der Waals surface area contributed by atoms with E-state index >= 15 is 0 Å². The number of aromatic nitrogens is 1. The van der Waals surface area contributed by atoms with Crippen LogP contribution in [0.2, 0.25) is 0 Å². The molecule has 1 aromatic carbocycles. The first-order chi connectivity index (χ1) is 8.82. The Morgan fingerprint density at radius 3 is 2.58 bits per heavy atom. The molecule has 0 radical (unpaired) electrons. The number of hydrogen-bond acceptors (Lipinski definition) is 5. The van der Waals surface area contributed by atoms with Crippen molar-refractivity contribution in [3.63, 3.8) is 0 Å². The zero-order chi connectivity index (χ0) is 14.6. The van der Waals surface area contributed by atoms with Crippen molar-refractivity contribution in [2.75, 3.05) is 0 Å². The molecule has 0 saturated carbocycles. The number of nitrogens with zero attached hydrogens (tertiary/aromatic N) is 1. The molecule has 1 aromatic heterocycles. The molecule has 101 valence electrons. The zero-order valence-corrected chi connectivity index (χ0v) is 13.0. The summed E-state index contributed by atoms with van der Waals surface area (Å²) in [6.07, 6.45) is 2.49. The number of pyridine rings is 1.